The van der Waals surface area contributed by atoms with Crippen molar-refractivity contribution < 1.29 is 9.18 Å². The van der Waals surface area contributed by atoms with Crippen LogP contribution in [0.25, 0.3) is 0 Å². The Kier molecular flexibility index (Phi) is 2.59. The zero-order valence-corrected chi connectivity index (χ0v) is 8.35. The maximum atomic E-state index is 13.1. The molecule has 1 aromatic carbocycles. The first kappa shape index (κ1) is 10.2. The van der Waals surface area contributed by atoms with E-state index < -0.39 is 11.7 Å². The molecular weight excluding hydrogens is 209 g/mol. The third-order valence-electron chi connectivity index (χ3n) is 2.13. The minimum absolute atomic E-state index is 0.119. The van der Waals surface area contributed by atoms with Crippen molar-refractivity contribution in [2.75, 3.05) is 11.2 Å². The molecule has 0 aliphatic carbocycles. The van der Waals surface area contributed by atoms with Crippen molar-refractivity contribution in [1.29, 1.82) is 0 Å². The van der Waals surface area contributed by atoms with Crippen molar-refractivity contribution in [3.8, 4) is 0 Å². The fourth-order valence-electron chi connectivity index (χ4n) is 1.32. The first-order chi connectivity index (χ1) is 7.68. The van der Waals surface area contributed by atoms with Crippen LogP contribution < -0.4 is 11.2 Å². The van der Waals surface area contributed by atoms with Gasteiger partial charge in [0.1, 0.15) is 5.82 Å². The molecule has 0 aliphatic heterocycles. The summed E-state index contributed by atoms with van der Waals surface area (Å²) in [5.41, 5.74) is 7.98. The molecule has 4 nitrogen and oxygen atoms in total. The van der Waals surface area contributed by atoms with Crippen LogP contribution in [0.1, 0.15) is 10.4 Å². The number of nitrogens with one attached hydrogen (secondary N) is 1. The van der Waals surface area contributed by atoms with Crippen LogP contribution in [-0.2, 0) is 0 Å². The summed E-state index contributed by atoms with van der Waals surface area (Å²) in [7, 11) is 0. The molecule has 1 aromatic heterocycles. The van der Waals surface area contributed by atoms with Gasteiger partial charge in [0, 0.05) is 12.4 Å². The Morgan fingerprint density at radius 2 is 1.94 bits per heavy atom. The smallest absolute Gasteiger partial charge is 0.272 e. The van der Waals surface area contributed by atoms with Crippen molar-refractivity contribution in [3.63, 3.8) is 0 Å². The summed E-state index contributed by atoms with van der Waals surface area (Å²) in [6, 6.07) is 7.64. The fourth-order valence-corrected chi connectivity index (χ4v) is 1.32. The lowest BCUT2D eigenvalue weighted by Gasteiger charge is -2.08. The molecule has 3 N–H and O–H groups in total. The number of aromatic nitrogens is 1. The number of halogens is 1. The molecule has 2 rings (SSSR count). The Morgan fingerprint density at radius 1 is 1.25 bits per heavy atom. The van der Waals surface area contributed by atoms with E-state index in [0.29, 0.717) is 0 Å². The number of carbonyl (C=O) groups excluding carboxylic acids is 1. The zero-order chi connectivity index (χ0) is 11.5. The number of hydrogen-bond acceptors (Lipinski definition) is 2. The van der Waals surface area contributed by atoms with Gasteiger partial charge < -0.3 is 5.73 Å². The van der Waals surface area contributed by atoms with Crippen LogP contribution in [0.2, 0.25) is 0 Å². The summed E-state index contributed by atoms with van der Waals surface area (Å²) in [5, 5.41) is 0. The van der Waals surface area contributed by atoms with Crippen molar-refractivity contribution >= 4 is 11.6 Å². The third-order valence-corrected chi connectivity index (χ3v) is 2.13. The molecule has 0 aliphatic rings. The summed E-state index contributed by atoms with van der Waals surface area (Å²) >= 11 is 0. The first-order valence-electron chi connectivity index (χ1n) is 4.67. The molecule has 82 valence electrons. The molecule has 0 saturated heterocycles. The lowest BCUT2D eigenvalue weighted by molar-refractivity contribution is 0.101. The normalized spacial score (nSPS) is 10.1. The lowest BCUT2D eigenvalue weighted by Crippen LogP contribution is -2.22. The van der Waals surface area contributed by atoms with Gasteiger partial charge in [-0.3, -0.25) is 14.9 Å². The van der Waals surface area contributed by atoms with Crippen molar-refractivity contribution in [2.24, 2.45) is 0 Å². The van der Waals surface area contributed by atoms with E-state index >= 15 is 0 Å². The largest absolute Gasteiger partial charge is 0.396 e. The molecule has 0 unspecified atom stereocenters. The SMILES string of the molecule is Nc1c(F)cccc1C(=O)Nn1cccc1. The maximum Gasteiger partial charge on any atom is 0.272 e. The van der Waals surface area contributed by atoms with E-state index in [2.05, 4.69) is 5.43 Å². The monoisotopic (exact) mass is 219 g/mol. The number of nitrogens with zero attached hydrogens (tertiary/aromatic N) is 1. The second kappa shape index (κ2) is 4.06. The summed E-state index contributed by atoms with van der Waals surface area (Å²) in [6.07, 6.45) is 3.32. The van der Waals surface area contributed by atoms with E-state index in [1.165, 1.54) is 22.9 Å². The van der Waals surface area contributed by atoms with Gasteiger partial charge in [-0.05, 0) is 24.3 Å². The molecular formula is C11H10FN3O. The highest BCUT2D eigenvalue weighted by atomic mass is 19.1. The summed E-state index contributed by atoms with van der Waals surface area (Å²) in [4.78, 5) is 11.7. The molecule has 0 radical (unpaired) electrons. The average Bonchev–Trinajstić information content (AvgIpc) is 2.74. The fraction of sp³-hybridized carbons (Fsp3) is 0. The number of rotatable bonds is 2. The molecule has 0 atom stereocenters. The number of nitrogens with two attached hydrogens (primary N) is 1. The summed E-state index contributed by atoms with van der Waals surface area (Å²) in [6.45, 7) is 0. The van der Waals surface area contributed by atoms with Crippen LogP contribution in [0.4, 0.5) is 10.1 Å². The second-order valence-corrected chi connectivity index (χ2v) is 3.23. The van der Waals surface area contributed by atoms with Crippen LogP contribution in [-0.4, -0.2) is 10.6 Å². The molecule has 16 heavy (non-hydrogen) atoms. The average molecular weight is 219 g/mol. The number of anilines is 1. The topological polar surface area (TPSA) is 60.1 Å². The van der Waals surface area contributed by atoms with Gasteiger partial charge in [0.15, 0.2) is 0 Å². The number of benzene rings is 1. The van der Waals surface area contributed by atoms with Gasteiger partial charge >= 0.3 is 0 Å². The van der Waals surface area contributed by atoms with E-state index in [1.807, 2.05) is 0 Å². The van der Waals surface area contributed by atoms with E-state index in [4.69, 9.17) is 5.73 Å². The van der Waals surface area contributed by atoms with Crippen molar-refractivity contribution in [1.82, 2.24) is 4.68 Å². The Balaban J connectivity index is 2.24. The Hall–Kier alpha value is -2.30. The quantitative estimate of drug-likeness (QED) is 0.753. The number of carbonyl (C=O) groups is 1. The highest BCUT2D eigenvalue weighted by molar-refractivity contribution is 6.04. The van der Waals surface area contributed by atoms with Crippen LogP contribution in [0.5, 0.6) is 0 Å². The number of nitrogen functional groups attached to an aromatic ring is 1. The minimum atomic E-state index is -0.597. The van der Waals surface area contributed by atoms with Gasteiger partial charge in [0.05, 0.1) is 11.3 Å². The second-order valence-electron chi connectivity index (χ2n) is 3.23. The molecule has 1 amide bonds. The van der Waals surface area contributed by atoms with E-state index in [9.17, 15) is 9.18 Å². The standard InChI is InChI=1S/C11H10FN3O/c12-9-5-3-4-8(10(9)13)11(16)14-15-6-1-2-7-15/h1-7H,13H2,(H,14,16). The molecule has 1 heterocycles. The van der Waals surface area contributed by atoms with Gasteiger partial charge in [-0.25, -0.2) is 4.39 Å². The third kappa shape index (κ3) is 1.88. The molecule has 2 aromatic rings. The van der Waals surface area contributed by atoms with Crippen LogP contribution in [0.3, 0.4) is 0 Å². The zero-order valence-electron chi connectivity index (χ0n) is 8.35. The molecule has 0 fully saturated rings. The van der Waals surface area contributed by atoms with Crippen LogP contribution in [0, 0.1) is 5.82 Å². The van der Waals surface area contributed by atoms with Crippen LogP contribution in [0.15, 0.2) is 42.7 Å². The lowest BCUT2D eigenvalue weighted by atomic mass is 10.1. The highest BCUT2D eigenvalue weighted by Crippen LogP contribution is 2.15. The van der Waals surface area contributed by atoms with E-state index in [0.717, 1.165) is 0 Å². The number of para-hydroxylation sites is 1. The van der Waals surface area contributed by atoms with E-state index in [-0.39, 0.29) is 11.3 Å². The molecule has 0 bridgehead atoms. The number of hydrogen-bond donors (Lipinski definition) is 2. The predicted molar refractivity (Wildman–Crippen MR) is 58.9 cm³/mol. The Morgan fingerprint density at radius 3 is 2.62 bits per heavy atom. The van der Waals surface area contributed by atoms with E-state index in [1.54, 1.807) is 24.5 Å². The summed E-state index contributed by atoms with van der Waals surface area (Å²) < 4.78 is 14.6. The van der Waals surface area contributed by atoms with Gasteiger partial charge in [0.25, 0.3) is 5.91 Å². The molecule has 0 spiro atoms. The minimum Gasteiger partial charge on any atom is -0.396 e. The predicted octanol–water partition coefficient (Wildman–Crippen LogP) is 1.59. The van der Waals surface area contributed by atoms with Crippen molar-refractivity contribution in [3.05, 3.63) is 54.1 Å². The Labute approximate surface area is 91.5 Å². The van der Waals surface area contributed by atoms with Gasteiger partial charge in [-0.1, -0.05) is 6.07 Å². The highest BCUT2D eigenvalue weighted by Gasteiger charge is 2.12. The maximum absolute atomic E-state index is 13.1. The van der Waals surface area contributed by atoms with Gasteiger partial charge in [-0.2, -0.15) is 0 Å². The number of amides is 1. The van der Waals surface area contributed by atoms with Crippen molar-refractivity contribution in [2.45, 2.75) is 0 Å². The molecule has 0 saturated carbocycles. The van der Waals surface area contributed by atoms with Gasteiger partial charge in [-0.15, -0.1) is 0 Å². The molecule has 5 heteroatoms. The first-order valence-corrected chi connectivity index (χ1v) is 4.67. The Bertz CT molecular complexity index is 508. The van der Waals surface area contributed by atoms with Gasteiger partial charge in [0.2, 0.25) is 0 Å². The van der Waals surface area contributed by atoms with Crippen LogP contribution >= 0.6 is 0 Å². The summed E-state index contributed by atoms with van der Waals surface area (Å²) in [5.74, 6) is -1.05.